The van der Waals surface area contributed by atoms with Crippen LogP contribution in [0.25, 0.3) is 11.0 Å². The van der Waals surface area contributed by atoms with Crippen molar-refractivity contribution in [3.8, 4) is 0 Å². The Bertz CT molecular complexity index is 1210. The van der Waals surface area contributed by atoms with Gasteiger partial charge in [-0.05, 0) is 12.0 Å². The normalized spacial score (nSPS) is 11.0. The minimum Gasteiger partial charge on any atom is -0.349 e. The van der Waals surface area contributed by atoms with Crippen LogP contribution >= 0.6 is 0 Å². The first kappa shape index (κ1) is 16.4. The van der Waals surface area contributed by atoms with Gasteiger partial charge in [-0.25, -0.2) is 14.6 Å². The molecule has 0 atom stereocenters. The highest BCUT2D eigenvalue weighted by Gasteiger charge is 2.17. The highest BCUT2D eigenvalue weighted by Crippen LogP contribution is 2.25. The van der Waals surface area contributed by atoms with E-state index in [0.717, 1.165) is 4.57 Å². The summed E-state index contributed by atoms with van der Waals surface area (Å²) in [5.74, 6) is 0. The molecule has 0 aromatic carbocycles. The van der Waals surface area contributed by atoms with Crippen molar-refractivity contribution in [1.29, 1.82) is 0 Å². The number of aromatic amines is 2. The fourth-order valence-electron chi connectivity index (χ4n) is 2.62. The van der Waals surface area contributed by atoms with E-state index in [2.05, 4.69) is 20.3 Å². The minimum absolute atomic E-state index is 0.0673. The summed E-state index contributed by atoms with van der Waals surface area (Å²) in [7, 11) is 2.89. The topological polar surface area (TPSA) is 135 Å². The summed E-state index contributed by atoms with van der Waals surface area (Å²) in [6.07, 6.45) is 3.31. The average Bonchev–Trinajstić information content (AvgIpc) is 2.59. The van der Waals surface area contributed by atoms with Crippen LogP contribution in [0.4, 0.5) is 11.4 Å². The van der Waals surface area contributed by atoms with E-state index in [0.29, 0.717) is 17.7 Å². The second-order valence-electron chi connectivity index (χ2n) is 5.53. The molecule has 0 saturated heterocycles. The molecule has 0 spiro atoms. The molecule has 3 rings (SSSR count). The molecule has 10 heteroatoms. The standard InChI is InChI=1S/C15H16N6O4/c1-4-7-5-16-11-9(13(23)21(3)15(25)20(11)2)10(7)18-8-6-17-14(24)19-12(8)22/h5-6H,4H2,1-3H3,(H,16,18)(H2,17,19,22,24). The molecule has 3 aromatic rings. The largest absolute Gasteiger partial charge is 0.349 e. The summed E-state index contributed by atoms with van der Waals surface area (Å²) in [6, 6.07) is 0. The lowest BCUT2D eigenvalue weighted by atomic mass is 10.1. The zero-order chi connectivity index (χ0) is 18.3. The Balaban J connectivity index is 2.40. The predicted octanol–water partition coefficient (Wildman–Crippen LogP) is -0.685. The molecule has 0 aliphatic rings. The van der Waals surface area contributed by atoms with Crippen molar-refractivity contribution in [3.05, 3.63) is 59.6 Å². The number of fused-ring (bicyclic) bond motifs is 1. The molecule has 0 saturated carbocycles. The van der Waals surface area contributed by atoms with Crippen LogP contribution < -0.4 is 27.8 Å². The van der Waals surface area contributed by atoms with Gasteiger partial charge in [-0.15, -0.1) is 0 Å². The zero-order valence-corrected chi connectivity index (χ0v) is 13.8. The monoisotopic (exact) mass is 344 g/mol. The number of aryl methyl sites for hydroxylation is 2. The number of nitrogens with zero attached hydrogens (tertiary/aromatic N) is 3. The van der Waals surface area contributed by atoms with Gasteiger partial charge >= 0.3 is 11.4 Å². The Morgan fingerprint density at radius 1 is 1.16 bits per heavy atom. The third kappa shape index (κ3) is 2.57. The zero-order valence-electron chi connectivity index (χ0n) is 13.8. The molecule has 3 aromatic heterocycles. The number of aromatic nitrogens is 5. The minimum atomic E-state index is -0.635. The summed E-state index contributed by atoms with van der Waals surface area (Å²) in [5, 5.41) is 3.08. The average molecular weight is 344 g/mol. The molecular formula is C15H16N6O4. The van der Waals surface area contributed by atoms with E-state index in [1.54, 1.807) is 6.20 Å². The van der Waals surface area contributed by atoms with Gasteiger partial charge in [-0.2, -0.15) is 0 Å². The van der Waals surface area contributed by atoms with Crippen molar-refractivity contribution in [2.24, 2.45) is 14.1 Å². The molecule has 0 aliphatic carbocycles. The Labute approximate surface area is 139 Å². The number of pyridine rings is 1. The number of H-pyrrole nitrogens is 2. The number of rotatable bonds is 3. The molecule has 0 fully saturated rings. The van der Waals surface area contributed by atoms with Crippen LogP contribution in [0, 0.1) is 0 Å². The first-order valence-corrected chi connectivity index (χ1v) is 7.51. The van der Waals surface area contributed by atoms with Gasteiger partial charge in [0.15, 0.2) is 5.65 Å². The second-order valence-corrected chi connectivity index (χ2v) is 5.53. The lowest BCUT2D eigenvalue weighted by Crippen LogP contribution is -2.37. The van der Waals surface area contributed by atoms with Crippen molar-refractivity contribution >= 4 is 22.4 Å². The van der Waals surface area contributed by atoms with Crippen LogP contribution in [0.15, 0.2) is 31.6 Å². The third-order valence-electron chi connectivity index (χ3n) is 4.01. The van der Waals surface area contributed by atoms with E-state index in [4.69, 9.17) is 0 Å². The first-order valence-electron chi connectivity index (χ1n) is 7.51. The summed E-state index contributed by atoms with van der Waals surface area (Å²) < 4.78 is 2.24. The predicted molar refractivity (Wildman–Crippen MR) is 92.6 cm³/mol. The molecule has 3 heterocycles. The van der Waals surface area contributed by atoms with Crippen LogP contribution in [-0.2, 0) is 20.5 Å². The highest BCUT2D eigenvalue weighted by atomic mass is 16.2. The van der Waals surface area contributed by atoms with E-state index in [9.17, 15) is 19.2 Å². The first-order chi connectivity index (χ1) is 11.8. The number of nitrogens with one attached hydrogen (secondary N) is 3. The quantitative estimate of drug-likeness (QED) is 0.576. The van der Waals surface area contributed by atoms with E-state index in [1.807, 2.05) is 6.92 Å². The fraction of sp³-hybridized carbons (Fsp3) is 0.267. The molecular weight excluding hydrogens is 328 g/mol. The number of hydrogen-bond donors (Lipinski definition) is 3. The summed E-state index contributed by atoms with van der Waals surface area (Å²) >= 11 is 0. The van der Waals surface area contributed by atoms with Gasteiger partial charge in [0.1, 0.15) is 11.1 Å². The number of hydrogen-bond acceptors (Lipinski definition) is 6. The van der Waals surface area contributed by atoms with Gasteiger partial charge in [0.05, 0.1) is 5.69 Å². The van der Waals surface area contributed by atoms with Crippen LogP contribution in [0.2, 0.25) is 0 Å². The molecule has 0 amide bonds. The van der Waals surface area contributed by atoms with Gasteiger partial charge in [0.25, 0.3) is 11.1 Å². The van der Waals surface area contributed by atoms with Crippen molar-refractivity contribution in [2.45, 2.75) is 13.3 Å². The number of anilines is 2. The van der Waals surface area contributed by atoms with Gasteiger partial charge in [0.2, 0.25) is 0 Å². The molecule has 0 aliphatic heterocycles. The molecule has 130 valence electrons. The summed E-state index contributed by atoms with van der Waals surface area (Å²) in [5.41, 5.74) is -0.950. The SMILES string of the molecule is CCc1cnc2c(c1Nc1c[nH]c(=O)[nH]c1=O)c(=O)n(C)c(=O)n2C. The second kappa shape index (κ2) is 5.89. The maximum atomic E-state index is 12.6. The lowest BCUT2D eigenvalue weighted by Gasteiger charge is -2.15. The van der Waals surface area contributed by atoms with Crippen LogP contribution in [0.5, 0.6) is 0 Å². The maximum absolute atomic E-state index is 12.6. The summed E-state index contributed by atoms with van der Waals surface area (Å²) in [6.45, 7) is 1.87. The Hall–Kier alpha value is -3.43. The Morgan fingerprint density at radius 3 is 2.52 bits per heavy atom. The summed E-state index contributed by atoms with van der Waals surface area (Å²) in [4.78, 5) is 56.6. The Morgan fingerprint density at radius 2 is 1.88 bits per heavy atom. The van der Waals surface area contributed by atoms with Crippen molar-refractivity contribution < 1.29 is 0 Å². The van der Waals surface area contributed by atoms with Gasteiger partial charge in [0, 0.05) is 26.5 Å². The van der Waals surface area contributed by atoms with Crippen LogP contribution in [-0.4, -0.2) is 24.1 Å². The molecule has 10 nitrogen and oxygen atoms in total. The fourth-order valence-corrected chi connectivity index (χ4v) is 2.62. The molecule has 0 bridgehead atoms. The third-order valence-corrected chi connectivity index (χ3v) is 4.01. The Kier molecular flexibility index (Phi) is 3.87. The molecule has 0 unspecified atom stereocenters. The van der Waals surface area contributed by atoms with E-state index < -0.39 is 22.5 Å². The van der Waals surface area contributed by atoms with Crippen LogP contribution in [0.1, 0.15) is 12.5 Å². The lowest BCUT2D eigenvalue weighted by molar-refractivity contribution is 0.707. The van der Waals surface area contributed by atoms with Gasteiger partial charge < -0.3 is 10.3 Å². The molecule has 25 heavy (non-hydrogen) atoms. The van der Waals surface area contributed by atoms with Gasteiger partial charge in [-0.3, -0.25) is 23.7 Å². The van der Waals surface area contributed by atoms with Crippen molar-refractivity contribution in [1.82, 2.24) is 24.1 Å². The molecule has 0 radical (unpaired) electrons. The van der Waals surface area contributed by atoms with Gasteiger partial charge in [-0.1, -0.05) is 6.92 Å². The van der Waals surface area contributed by atoms with E-state index in [-0.39, 0.29) is 16.7 Å². The van der Waals surface area contributed by atoms with E-state index in [1.165, 1.54) is 24.9 Å². The van der Waals surface area contributed by atoms with Crippen LogP contribution in [0.3, 0.4) is 0 Å². The van der Waals surface area contributed by atoms with Crippen molar-refractivity contribution in [3.63, 3.8) is 0 Å². The molecule has 3 N–H and O–H groups in total. The van der Waals surface area contributed by atoms with E-state index >= 15 is 0 Å². The highest BCUT2D eigenvalue weighted by molar-refractivity contribution is 5.92. The van der Waals surface area contributed by atoms with Crippen molar-refractivity contribution in [2.75, 3.05) is 5.32 Å². The smallest absolute Gasteiger partial charge is 0.332 e. The maximum Gasteiger partial charge on any atom is 0.332 e.